The van der Waals surface area contributed by atoms with E-state index in [9.17, 15) is 0 Å². The van der Waals surface area contributed by atoms with Crippen LogP contribution in [0, 0.1) is 0 Å². The van der Waals surface area contributed by atoms with Gasteiger partial charge in [0.15, 0.2) is 0 Å². The summed E-state index contributed by atoms with van der Waals surface area (Å²) in [6.07, 6.45) is 28.0. The van der Waals surface area contributed by atoms with E-state index >= 15 is 0 Å². The first-order valence-corrected chi connectivity index (χ1v) is 10.8. The molecular weight excluding hydrogens is 308 g/mol. The van der Waals surface area contributed by atoms with Crippen LogP contribution in [0.25, 0.3) is 0 Å². The summed E-state index contributed by atoms with van der Waals surface area (Å²) in [6, 6.07) is 0. The van der Waals surface area contributed by atoms with Crippen molar-refractivity contribution >= 4 is 0 Å². The van der Waals surface area contributed by atoms with E-state index in [2.05, 4.69) is 35.5 Å². The Labute approximate surface area is 156 Å². The van der Waals surface area contributed by atoms with Crippen molar-refractivity contribution < 1.29 is 5.11 Å². The van der Waals surface area contributed by atoms with Gasteiger partial charge in [-0.25, -0.2) is 0 Å². The molecule has 0 aromatic carbocycles. The molecule has 0 saturated carbocycles. The lowest BCUT2D eigenvalue weighted by Crippen LogP contribution is -2.36. The van der Waals surface area contributed by atoms with Crippen LogP contribution in [0.15, 0.2) is 24.6 Å². The van der Waals surface area contributed by atoms with Crippen LogP contribution in [0.5, 0.6) is 0 Å². The van der Waals surface area contributed by atoms with Gasteiger partial charge in [0, 0.05) is 18.9 Å². The first-order chi connectivity index (χ1) is 12.4. The fraction of sp³-hybridized carbons (Fsp3) is 0.818. The predicted octanol–water partition coefficient (Wildman–Crippen LogP) is 5.72. The minimum Gasteiger partial charge on any atom is -0.395 e. The third-order valence-electron chi connectivity index (χ3n) is 5.05. The molecule has 3 heteroatoms. The topological polar surface area (TPSA) is 35.5 Å². The van der Waals surface area contributed by atoms with Crippen molar-refractivity contribution in [2.45, 2.75) is 103 Å². The molecule has 0 saturated heterocycles. The molecule has 0 aromatic heterocycles. The summed E-state index contributed by atoms with van der Waals surface area (Å²) in [5.41, 5.74) is 0. The number of nitrogens with zero attached hydrogens (tertiary/aromatic N) is 1. The van der Waals surface area contributed by atoms with Gasteiger partial charge >= 0.3 is 0 Å². The van der Waals surface area contributed by atoms with Crippen molar-refractivity contribution in [3.05, 3.63) is 24.6 Å². The Bertz CT molecular complexity index is 341. The zero-order valence-corrected chi connectivity index (χ0v) is 16.6. The van der Waals surface area contributed by atoms with E-state index in [1.165, 1.54) is 89.9 Å². The van der Waals surface area contributed by atoms with Crippen LogP contribution in [0.1, 0.15) is 96.8 Å². The lowest BCUT2D eigenvalue weighted by Gasteiger charge is -2.24. The highest BCUT2D eigenvalue weighted by molar-refractivity contribution is 4.93. The third-order valence-corrected chi connectivity index (χ3v) is 5.05. The number of rotatable bonds is 17. The fourth-order valence-electron chi connectivity index (χ4n) is 3.45. The van der Waals surface area contributed by atoms with E-state index in [-0.39, 0.29) is 6.61 Å². The lowest BCUT2D eigenvalue weighted by atomic mass is 10.1. The largest absolute Gasteiger partial charge is 0.395 e. The maximum absolute atomic E-state index is 9.04. The van der Waals surface area contributed by atoms with Gasteiger partial charge in [0.2, 0.25) is 0 Å². The minimum absolute atomic E-state index is 0.233. The molecule has 1 atom stereocenters. The van der Waals surface area contributed by atoms with Gasteiger partial charge in [-0.15, -0.1) is 0 Å². The monoisotopic (exact) mass is 350 g/mol. The molecule has 0 fully saturated rings. The molecule has 0 amide bonds. The maximum Gasteiger partial charge on any atom is 0.0982 e. The molecule has 25 heavy (non-hydrogen) atoms. The quantitative estimate of drug-likeness (QED) is 0.260. The van der Waals surface area contributed by atoms with E-state index in [4.69, 9.17) is 5.11 Å². The number of allylic oxidation sites excluding steroid dienone is 2. The predicted molar refractivity (Wildman–Crippen MR) is 109 cm³/mol. The first kappa shape index (κ1) is 22.1. The van der Waals surface area contributed by atoms with Crippen molar-refractivity contribution in [3.8, 4) is 0 Å². The standard InChI is InChI=1S/C22H42N2O/c1-2-3-4-5-6-7-8-9-10-11-12-13-14-15-16-17-22-23-18-19-24(22)20-21-25/h6-7,18-19,22-23,25H,2-5,8-17,20-21H2,1H3/b7-6+. The Morgan fingerprint density at radius 2 is 1.48 bits per heavy atom. The molecule has 1 unspecified atom stereocenters. The Balaban J connectivity index is 1.79. The number of hydrogen-bond acceptors (Lipinski definition) is 3. The first-order valence-electron chi connectivity index (χ1n) is 10.8. The summed E-state index contributed by atoms with van der Waals surface area (Å²) in [5.74, 6) is 0. The van der Waals surface area contributed by atoms with E-state index in [1.807, 2.05) is 6.20 Å². The van der Waals surface area contributed by atoms with Gasteiger partial charge < -0.3 is 15.3 Å². The second-order valence-corrected chi connectivity index (χ2v) is 7.33. The molecule has 1 rings (SSSR count). The number of hydrogen-bond donors (Lipinski definition) is 2. The number of aliphatic hydroxyl groups is 1. The molecule has 1 aliphatic heterocycles. The summed E-state index contributed by atoms with van der Waals surface area (Å²) in [6.45, 7) is 3.24. The minimum atomic E-state index is 0.233. The SMILES string of the molecule is CCCCC/C=C/CCCCCCCCCCC1NC=CN1CCO. The molecule has 3 nitrogen and oxygen atoms in total. The highest BCUT2D eigenvalue weighted by Gasteiger charge is 2.16. The molecule has 0 radical (unpaired) electrons. The Hall–Kier alpha value is -0.960. The van der Waals surface area contributed by atoms with Crippen LogP contribution < -0.4 is 5.32 Å². The number of β-amino-alcohol motifs (C(OH)–C–C–N with tert-alkyl or cyclic N) is 1. The number of unbranched alkanes of at least 4 members (excludes halogenated alkanes) is 11. The fourth-order valence-corrected chi connectivity index (χ4v) is 3.45. The van der Waals surface area contributed by atoms with Crippen molar-refractivity contribution in [2.24, 2.45) is 0 Å². The van der Waals surface area contributed by atoms with Crippen LogP contribution >= 0.6 is 0 Å². The maximum atomic E-state index is 9.04. The summed E-state index contributed by atoms with van der Waals surface area (Å²) in [5, 5.41) is 12.4. The van der Waals surface area contributed by atoms with Gasteiger partial charge in [0.05, 0.1) is 12.8 Å². The van der Waals surface area contributed by atoms with Gasteiger partial charge in [0.1, 0.15) is 0 Å². The second kappa shape index (κ2) is 16.5. The smallest absolute Gasteiger partial charge is 0.0982 e. The third kappa shape index (κ3) is 12.1. The number of nitrogens with one attached hydrogen (secondary N) is 1. The van der Waals surface area contributed by atoms with Crippen LogP contribution in [-0.4, -0.2) is 29.3 Å². The summed E-state index contributed by atoms with van der Waals surface area (Å²) >= 11 is 0. The van der Waals surface area contributed by atoms with Crippen LogP contribution in [0.3, 0.4) is 0 Å². The summed E-state index contributed by atoms with van der Waals surface area (Å²) in [7, 11) is 0. The molecule has 1 aliphatic rings. The molecule has 0 bridgehead atoms. The molecule has 0 aromatic rings. The van der Waals surface area contributed by atoms with Crippen molar-refractivity contribution in [2.75, 3.05) is 13.2 Å². The average Bonchev–Trinajstić information content (AvgIpc) is 3.06. The summed E-state index contributed by atoms with van der Waals surface area (Å²) < 4.78 is 0. The normalized spacial score (nSPS) is 16.9. The average molecular weight is 351 g/mol. The van der Waals surface area contributed by atoms with Gasteiger partial charge in [-0.2, -0.15) is 0 Å². The van der Waals surface area contributed by atoms with E-state index in [1.54, 1.807) is 0 Å². The molecule has 1 heterocycles. The molecule has 2 N–H and O–H groups in total. The highest BCUT2D eigenvalue weighted by Crippen LogP contribution is 2.15. The zero-order valence-electron chi connectivity index (χ0n) is 16.6. The summed E-state index contributed by atoms with van der Waals surface area (Å²) in [4.78, 5) is 2.21. The molecule has 0 spiro atoms. The van der Waals surface area contributed by atoms with Crippen LogP contribution in [0.4, 0.5) is 0 Å². The Morgan fingerprint density at radius 1 is 0.880 bits per heavy atom. The molecule has 146 valence electrons. The highest BCUT2D eigenvalue weighted by atomic mass is 16.3. The van der Waals surface area contributed by atoms with E-state index in [0.29, 0.717) is 6.17 Å². The van der Waals surface area contributed by atoms with E-state index in [0.717, 1.165) is 6.54 Å². The van der Waals surface area contributed by atoms with Gasteiger partial charge in [0.25, 0.3) is 0 Å². The molecular formula is C22H42N2O. The van der Waals surface area contributed by atoms with Crippen LogP contribution in [0.2, 0.25) is 0 Å². The lowest BCUT2D eigenvalue weighted by molar-refractivity contribution is 0.194. The van der Waals surface area contributed by atoms with Gasteiger partial charge in [-0.3, -0.25) is 0 Å². The Kier molecular flexibility index (Phi) is 14.6. The molecule has 0 aliphatic carbocycles. The van der Waals surface area contributed by atoms with Crippen molar-refractivity contribution in [1.82, 2.24) is 10.2 Å². The van der Waals surface area contributed by atoms with Crippen molar-refractivity contribution in [3.63, 3.8) is 0 Å². The van der Waals surface area contributed by atoms with Crippen molar-refractivity contribution in [1.29, 1.82) is 0 Å². The Morgan fingerprint density at radius 3 is 2.12 bits per heavy atom. The van der Waals surface area contributed by atoms with E-state index < -0.39 is 0 Å². The van der Waals surface area contributed by atoms with Gasteiger partial charge in [-0.1, -0.05) is 70.4 Å². The van der Waals surface area contributed by atoms with Crippen LogP contribution in [-0.2, 0) is 0 Å². The number of aliphatic hydroxyl groups excluding tert-OH is 1. The zero-order chi connectivity index (χ0) is 18.0. The van der Waals surface area contributed by atoms with Gasteiger partial charge in [-0.05, 0) is 38.5 Å². The second-order valence-electron chi connectivity index (χ2n) is 7.33.